The van der Waals surface area contributed by atoms with E-state index in [-0.39, 0.29) is 59.0 Å². The first-order valence-electron chi connectivity index (χ1n) is 14.0. The van der Waals surface area contributed by atoms with Gasteiger partial charge in [-0.15, -0.1) is 11.8 Å². The van der Waals surface area contributed by atoms with Crippen molar-refractivity contribution in [1.82, 2.24) is 19.1 Å². The number of aliphatic hydroxyl groups excluding tert-OH is 1. The number of esters is 1. The van der Waals surface area contributed by atoms with Gasteiger partial charge in [0.1, 0.15) is 39.9 Å². The number of nitrogens with two attached hydrogens (primary N) is 1. The average Bonchev–Trinajstić information content (AvgIpc) is 3.75. The highest BCUT2D eigenvalue weighted by Gasteiger charge is 2.30. The number of nitrogens with zero attached hydrogens (tertiary/aromatic N) is 4. The largest absolute Gasteiger partial charge is 0.458 e. The molecule has 1 amide bonds. The quantitative estimate of drug-likeness (QED) is 0.233. The van der Waals surface area contributed by atoms with Gasteiger partial charge in [-0.3, -0.25) is 13.9 Å². The maximum Gasteiger partial charge on any atom is 0.350 e. The molecular weight excluding hydrogens is 636 g/mol. The number of aliphatic hydroxyl groups is 1. The van der Waals surface area contributed by atoms with Crippen molar-refractivity contribution in [2.24, 2.45) is 0 Å². The summed E-state index contributed by atoms with van der Waals surface area (Å²) in [6, 6.07) is 20.5. The Morgan fingerprint density at radius 3 is 2.00 bits per heavy atom. The molecular formula is C30H30N6O8S2. The summed E-state index contributed by atoms with van der Waals surface area (Å²) in [4.78, 5) is 55.7. The second-order valence-electron chi connectivity index (χ2n) is 9.72. The molecule has 4 N–H and O–H groups in total. The predicted molar refractivity (Wildman–Crippen MR) is 172 cm³/mol. The molecule has 4 aromatic rings. The van der Waals surface area contributed by atoms with Gasteiger partial charge in [-0.1, -0.05) is 48.2 Å². The van der Waals surface area contributed by atoms with Crippen molar-refractivity contribution in [3.05, 3.63) is 117 Å². The lowest BCUT2D eigenvalue weighted by Crippen LogP contribution is -2.27. The third-order valence-corrected chi connectivity index (χ3v) is 9.07. The van der Waals surface area contributed by atoms with Gasteiger partial charge in [0.05, 0.1) is 25.4 Å². The van der Waals surface area contributed by atoms with Crippen molar-refractivity contribution < 1.29 is 28.9 Å². The van der Waals surface area contributed by atoms with Crippen LogP contribution in [0.25, 0.3) is 0 Å². The Bertz CT molecular complexity index is 1760. The van der Waals surface area contributed by atoms with Crippen LogP contribution in [0.15, 0.2) is 94.8 Å². The highest BCUT2D eigenvalue weighted by molar-refractivity contribution is 8.00. The first kappa shape index (κ1) is 32.9. The number of carbonyl (C=O) groups excluding carboxylic acids is 2. The highest BCUT2D eigenvalue weighted by atomic mass is 32.2. The molecule has 4 atom stereocenters. The number of benzene rings is 2. The average molecular weight is 667 g/mol. The lowest BCUT2D eigenvalue weighted by molar-refractivity contribution is 0.0273. The van der Waals surface area contributed by atoms with Gasteiger partial charge >= 0.3 is 17.3 Å². The van der Waals surface area contributed by atoms with Gasteiger partial charge in [0, 0.05) is 18.0 Å². The minimum atomic E-state index is -0.506. The molecule has 46 heavy (non-hydrogen) atoms. The maximum absolute atomic E-state index is 12.4. The van der Waals surface area contributed by atoms with E-state index >= 15 is 0 Å². The number of ether oxygens (including phenoxy) is 3. The monoisotopic (exact) mass is 666 g/mol. The Kier molecular flexibility index (Phi) is 11.2. The van der Waals surface area contributed by atoms with E-state index < -0.39 is 17.3 Å². The Labute approximate surface area is 270 Å². The number of hydrogen-bond donors (Lipinski definition) is 3. The third kappa shape index (κ3) is 8.61. The lowest BCUT2D eigenvalue weighted by atomic mass is 10.2. The van der Waals surface area contributed by atoms with Crippen LogP contribution >= 0.6 is 23.5 Å². The SMILES string of the molecule is Nc1ccn([C@@H]2CO[C@H](CO)S2)c(=O)n1.O=C(Nc1ccn([C@@H]2CO[C@H](COC(=O)c3ccccc3)S2)c(=O)n1)c1ccccc1. The second kappa shape index (κ2) is 15.7. The van der Waals surface area contributed by atoms with E-state index in [0.29, 0.717) is 17.7 Å². The number of rotatable bonds is 8. The number of amides is 1. The molecule has 0 aliphatic carbocycles. The van der Waals surface area contributed by atoms with Crippen molar-refractivity contribution in [1.29, 1.82) is 0 Å². The van der Waals surface area contributed by atoms with Gasteiger partial charge in [-0.2, -0.15) is 9.97 Å². The third-order valence-electron chi connectivity index (χ3n) is 6.56. The van der Waals surface area contributed by atoms with Crippen LogP contribution in [-0.2, 0) is 14.2 Å². The molecule has 16 heteroatoms. The number of carbonyl (C=O) groups is 2. The summed E-state index contributed by atoms with van der Waals surface area (Å²) >= 11 is 2.76. The second-order valence-corrected chi connectivity index (χ2v) is 12.4. The number of nitrogen functional groups attached to an aromatic ring is 1. The molecule has 0 saturated carbocycles. The first-order chi connectivity index (χ1) is 22.3. The lowest BCUT2D eigenvalue weighted by Gasteiger charge is -2.13. The topological polar surface area (TPSA) is 190 Å². The molecule has 2 aromatic heterocycles. The Balaban J connectivity index is 0.000000232. The fourth-order valence-electron chi connectivity index (χ4n) is 4.29. The number of hydrogen-bond acceptors (Lipinski definition) is 13. The van der Waals surface area contributed by atoms with Gasteiger partial charge < -0.3 is 30.4 Å². The fraction of sp³-hybridized carbons (Fsp3) is 0.267. The minimum Gasteiger partial charge on any atom is -0.458 e. The first-order valence-corrected chi connectivity index (χ1v) is 15.9. The number of thioether (sulfide) groups is 2. The summed E-state index contributed by atoms with van der Waals surface area (Å²) in [6.07, 6.45) is 3.15. The zero-order chi connectivity index (χ0) is 32.5. The Morgan fingerprint density at radius 1 is 0.848 bits per heavy atom. The fourth-order valence-corrected chi connectivity index (χ4v) is 6.43. The van der Waals surface area contributed by atoms with Crippen LogP contribution < -0.4 is 22.4 Å². The zero-order valence-corrected chi connectivity index (χ0v) is 25.8. The van der Waals surface area contributed by atoms with Crippen LogP contribution in [0, 0.1) is 0 Å². The van der Waals surface area contributed by atoms with Crippen LogP contribution in [0.5, 0.6) is 0 Å². The summed E-state index contributed by atoms with van der Waals surface area (Å²) in [6.45, 7) is 0.678. The van der Waals surface area contributed by atoms with Crippen molar-refractivity contribution in [3.8, 4) is 0 Å². The van der Waals surface area contributed by atoms with E-state index in [9.17, 15) is 19.2 Å². The maximum atomic E-state index is 12.4. The van der Waals surface area contributed by atoms with Crippen molar-refractivity contribution in [3.63, 3.8) is 0 Å². The van der Waals surface area contributed by atoms with Crippen molar-refractivity contribution in [2.45, 2.75) is 21.6 Å². The minimum absolute atomic E-state index is 0.0572. The smallest absolute Gasteiger partial charge is 0.350 e. The molecule has 14 nitrogen and oxygen atoms in total. The molecule has 0 spiro atoms. The van der Waals surface area contributed by atoms with Gasteiger partial charge in [0.25, 0.3) is 5.91 Å². The molecule has 2 aliphatic heterocycles. The van der Waals surface area contributed by atoms with E-state index in [2.05, 4.69) is 15.3 Å². The standard InChI is InChI=1S/C22H19N3O5S.C8H11N3O3S/c26-20(15-7-3-1-4-8-15)23-17-11-12-25(22(28)24-17)18-13-29-19(31-18)14-30-21(27)16-9-5-2-6-10-16;9-5-1-2-11(8(13)10-5)6-4-14-7(3-12)15-6/h1-12,18-19H,13-14H2,(H,23,24,26,28);1-2,6-7,12H,3-4H2,(H2,9,10,13)/t18-,19-;6-,7-/m00/s1. The van der Waals surface area contributed by atoms with Gasteiger partial charge in [-0.05, 0) is 36.4 Å². The number of anilines is 2. The molecule has 2 aromatic carbocycles. The zero-order valence-electron chi connectivity index (χ0n) is 24.2. The Hall–Kier alpha value is -4.48. The van der Waals surface area contributed by atoms with Crippen LogP contribution in [-0.4, -0.2) is 73.4 Å². The van der Waals surface area contributed by atoms with Gasteiger partial charge in [-0.25, -0.2) is 14.4 Å². The predicted octanol–water partition coefficient (Wildman–Crippen LogP) is 2.35. The van der Waals surface area contributed by atoms with Crippen LogP contribution in [0.2, 0.25) is 0 Å². The summed E-state index contributed by atoms with van der Waals surface area (Å²) < 4.78 is 19.1. The van der Waals surface area contributed by atoms with Crippen LogP contribution in [0.4, 0.5) is 11.6 Å². The van der Waals surface area contributed by atoms with Crippen LogP contribution in [0.1, 0.15) is 31.5 Å². The summed E-state index contributed by atoms with van der Waals surface area (Å²) in [7, 11) is 0. The van der Waals surface area contributed by atoms with Gasteiger partial charge in [0.15, 0.2) is 0 Å². The number of nitrogens with one attached hydrogen (secondary N) is 1. The van der Waals surface area contributed by atoms with Crippen LogP contribution in [0.3, 0.4) is 0 Å². The molecule has 6 rings (SSSR count). The number of aromatic nitrogens is 4. The van der Waals surface area contributed by atoms with E-state index in [1.807, 2.05) is 12.1 Å². The van der Waals surface area contributed by atoms with E-state index in [1.54, 1.807) is 73.1 Å². The molecule has 2 fully saturated rings. The summed E-state index contributed by atoms with van der Waals surface area (Å²) in [5, 5.41) is 11.0. The van der Waals surface area contributed by atoms with E-state index in [1.165, 1.54) is 32.7 Å². The van der Waals surface area contributed by atoms with E-state index in [0.717, 1.165) is 0 Å². The van der Waals surface area contributed by atoms with Crippen molar-refractivity contribution >= 4 is 47.0 Å². The Morgan fingerprint density at radius 2 is 1.41 bits per heavy atom. The molecule has 240 valence electrons. The van der Waals surface area contributed by atoms with Crippen molar-refractivity contribution in [2.75, 3.05) is 37.5 Å². The molecule has 4 heterocycles. The molecule has 0 bridgehead atoms. The summed E-state index contributed by atoms with van der Waals surface area (Å²) in [5.41, 5.74) is 4.77. The molecule has 0 unspecified atom stereocenters. The molecule has 2 aliphatic rings. The highest BCUT2D eigenvalue weighted by Crippen LogP contribution is 2.35. The van der Waals surface area contributed by atoms with Gasteiger partial charge in [0.2, 0.25) is 0 Å². The summed E-state index contributed by atoms with van der Waals surface area (Å²) in [5.74, 6) is -0.388. The molecule has 2 saturated heterocycles. The molecule has 0 radical (unpaired) electrons. The van der Waals surface area contributed by atoms with E-state index in [4.69, 9.17) is 25.1 Å². The normalized spacial score (nSPS) is 20.4.